The lowest BCUT2D eigenvalue weighted by Crippen LogP contribution is -2.51. The van der Waals surface area contributed by atoms with Gasteiger partial charge >= 0.3 is 0 Å². The van der Waals surface area contributed by atoms with Crippen molar-refractivity contribution < 1.29 is 9.18 Å². The first-order chi connectivity index (χ1) is 11.1. The van der Waals surface area contributed by atoms with Crippen molar-refractivity contribution in [2.45, 2.75) is 0 Å². The van der Waals surface area contributed by atoms with Gasteiger partial charge in [0.25, 0.3) is 0 Å². The number of carbonyl (C=O) groups excluding carboxylic acids is 1. The SMILES string of the molecule is C#CCNC(=O)CN=C(N)N1CCN(c2ccc(F)cc2)CC1.I. The fourth-order valence-electron chi connectivity index (χ4n) is 2.30. The molecule has 130 valence electrons. The molecule has 1 saturated heterocycles. The van der Waals surface area contributed by atoms with Crippen LogP contribution in [0.3, 0.4) is 0 Å². The second-order valence-electron chi connectivity index (χ2n) is 5.11. The summed E-state index contributed by atoms with van der Waals surface area (Å²) in [4.78, 5) is 19.6. The Bertz CT molecular complexity index is 606. The smallest absolute Gasteiger partial charge is 0.242 e. The third-order valence-corrected chi connectivity index (χ3v) is 3.57. The van der Waals surface area contributed by atoms with E-state index in [4.69, 9.17) is 12.2 Å². The summed E-state index contributed by atoms with van der Waals surface area (Å²) in [5.41, 5.74) is 6.90. The van der Waals surface area contributed by atoms with E-state index in [0.717, 1.165) is 18.8 Å². The molecule has 1 aromatic rings. The first-order valence-electron chi connectivity index (χ1n) is 7.35. The molecule has 2 rings (SSSR count). The zero-order chi connectivity index (χ0) is 16.7. The number of hydrogen-bond acceptors (Lipinski definition) is 3. The number of rotatable bonds is 4. The number of benzene rings is 1. The van der Waals surface area contributed by atoms with Crippen molar-refractivity contribution in [3.63, 3.8) is 0 Å². The minimum Gasteiger partial charge on any atom is -0.370 e. The molecule has 1 aliphatic rings. The van der Waals surface area contributed by atoms with Gasteiger partial charge in [-0.1, -0.05) is 5.92 Å². The largest absolute Gasteiger partial charge is 0.370 e. The average molecular weight is 445 g/mol. The molecule has 0 bridgehead atoms. The van der Waals surface area contributed by atoms with E-state index in [0.29, 0.717) is 19.0 Å². The standard InChI is InChI=1S/C16H20FN5O.HI/c1-2-7-19-15(23)12-20-16(18)22-10-8-21(9-11-22)14-5-3-13(17)4-6-14;/h1,3-6H,7-12H2,(H2,18,20)(H,19,23);1H. The van der Waals surface area contributed by atoms with Crippen LogP contribution in [-0.2, 0) is 4.79 Å². The van der Waals surface area contributed by atoms with Gasteiger partial charge < -0.3 is 20.9 Å². The van der Waals surface area contributed by atoms with Gasteiger partial charge in [-0.2, -0.15) is 0 Å². The van der Waals surface area contributed by atoms with Gasteiger partial charge in [0.15, 0.2) is 5.96 Å². The number of guanidine groups is 1. The number of nitrogens with two attached hydrogens (primary N) is 1. The van der Waals surface area contributed by atoms with Crippen molar-refractivity contribution in [1.82, 2.24) is 10.2 Å². The van der Waals surface area contributed by atoms with Crippen LogP contribution in [0.1, 0.15) is 0 Å². The number of nitrogens with zero attached hydrogens (tertiary/aromatic N) is 3. The van der Waals surface area contributed by atoms with Crippen LogP contribution < -0.4 is 16.0 Å². The molecule has 0 unspecified atom stereocenters. The van der Waals surface area contributed by atoms with E-state index >= 15 is 0 Å². The van der Waals surface area contributed by atoms with Crippen molar-refractivity contribution in [1.29, 1.82) is 0 Å². The van der Waals surface area contributed by atoms with Gasteiger partial charge in [0.05, 0.1) is 6.54 Å². The molecule has 3 N–H and O–H groups in total. The van der Waals surface area contributed by atoms with Crippen LogP contribution in [0.5, 0.6) is 0 Å². The van der Waals surface area contributed by atoms with Crippen molar-refractivity contribution in [3.05, 3.63) is 30.1 Å². The van der Waals surface area contributed by atoms with E-state index < -0.39 is 0 Å². The summed E-state index contributed by atoms with van der Waals surface area (Å²) in [6.07, 6.45) is 5.06. The van der Waals surface area contributed by atoms with E-state index in [1.165, 1.54) is 12.1 Å². The highest BCUT2D eigenvalue weighted by atomic mass is 127. The summed E-state index contributed by atoms with van der Waals surface area (Å²) in [6.45, 7) is 3.05. The van der Waals surface area contributed by atoms with Crippen LogP contribution in [0.4, 0.5) is 10.1 Å². The van der Waals surface area contributed by atoms with Crippen LogP contribution in [0.25, 0.3) is 0 Å². The minimum atomic E-state index is -0.254. The molecule has 6 nitrogen and oxygen atoms in total. The lowest BCUT2D eigenvalue weighted by atomic mass is 10.2. The Morgan fingerprint density at radius 3 is 2.50 bits per heavy atom. The van der Waals surface area contributed by atoms with Gasteiger partial charge in [-0.05, 0) is 24.3 Å². The van der Waals surface area contributed by atoms with Crippen LogP contribution in [-0.4, -0.2) is 56.0 Å². The molecule has 0 spiro atoms. The number of anilines is 1. The molecule has 1 heterocycles. The Kier molecular flexibility index (Phi) is 8.32. The molecule has 24 heavy (non-hydrogen) atoms. The summed E-state index contributed by atoms with van der Waals surface area (Å²) in [6, 6.07) is 6.43. The Morgan fingerprint density at radius 1 is 1.29 bits per heavy atom. The molecule has 0 saturated carbocycles. The quantitative estimate of drug-likeness (QED) is 0.309. The maximum absolute atomic E-state index is 12.9. The predicted molar refractivity (Wildman–Crippen MR) is 104 cm³/mol. The van der Waals surface area contributed by atoms with E-state index in [-0.39, 0.29) is 48.8 Å². The highest BCUT2D eigenvalue weighted by Gasteiger charge is 2.18. The van der Waals surface area contributed by atoms with Crippen LogP contribution in [0.2, 0.25) is 0 Å². The monoisotopic (exact) mass is 445 g/mol. The zero-order valence-electron chi connectivity index (χ0n) is 13.2. The zero-order valence-corrected chi connectivity index (χ0v) is 15.6. The molecule has 1 aromatic carbocycles. The third-order valence-electron chi connectivity index (χ3n) is 3.57. The number of amides is 1. The first-order valence-corrected chi connectivity index (χ1v) is 7.35. The van der Waals surface area contributed by atoms with Crippen molar-refractivity contribution in [3.8, 4) is 12.3 Å². The van der Waals surface area contributed by atoms with Crippen LogP contribution in [0, 0.1) is 18.2 Å². The van der Waals surface area contributed by atoms with E-state index in [1.807, 2.05) is 4.90 Å². The summed E-state index contributed by atoms with van der Waals surface area (Å²) >= 11 is 0. The van der Waals surface area contributed by atoms with Crippen molar-refractivity contribution >= 4 is 41.5 Å². The molecular formula is C16H21FIN5O. The summed E-state index contributed by atoms with van der Waals surface area (Å²) in [5, 5.41) is 2.53. The Morgan fingerprint density at radius 2 is 1.92 bits per heavy atom. The Hall–Kier alpha value is -2.02. The molecule has 1 aliphatic heterocycles. The predicted octanol–water partition coefficient (Wildman–Crippen LogP) is 0.630. The fourth-order valence-corrected chi connectivity index (χ4v) is 2.30. The molecule has 0 aliphatic carbocycles. The van der Waals surface area contributed by atoms with Gasteiger partial charge in [0.2, 0.25) is 5.91 Å². The highest BCUT2D eigenvalue weighted by molar-refractivity contribution is 14.0. The second-order valence-corrected chi connectivity index (χ2v) is 5.11. The maximum atomic E-state index is 12.9. The van der Waals surface area contributed by atoms with E-state index in [2.05, 4.69) is 21.1 Å². The fraction of sp³-hybridized carbons (Fsp3) is 0.375. The van der Waals surface area contributed by atoms with E-state index in [1.54, 1.807) is 12.1 Å². The Labute approximate surface area is 158 Å². The number of hydrogen-bond donors (Lipinski definition) is 2. The lowest BCUT2D eigenvalue weighted by Gasteiger charge is -2.36. The molecule has 8 heteroatoms. The summed E-state index contributed by atoms with van der Waals surface area (Å²) in [5.74, 6) is 2.17. The number of aliphatic imine (C=N–C) groups is 1. The molecule has 0 atom stereocenters. The topological polar surface area (TPSA) is 74.0 Å². The molecular weight excluding hydrogens is 424 g/mol. The maximum Gasteiger partial charge on any atom is 0.242 e. The van der Waals surface area contributed by atoms with Gasteiger partial charge in [-0.15, -0.1) is 30.4 Å². The van der Waals surface area contributed by atoms with Gasteiger partial charge in [-0.25, -0.2) is 9.38 Å². The third kappa shape index (κ3) is 5.88. The molecule has 1 amide bonds. The summed E-state index contributed by atoms with van der Waals surface area (Å²) in [7, 11) is 0. The molecule has 0 aromatic heterocycles. The van der Waals surface area contributed by atoms with Gasteiger partial charge in [-0.3, -0.25) is 4.79 Å². The number of carbonyl (C=O) groups is 1. The van der Waals surface area contributed by atoms with E-state index in [9.17, 15) is 9.18 Å². The van der Waals surface area contributed by atoms with Crippen molar-refractivity contribution in [2.75, 3.05) is 44.2 Å². The number of nitrogens with one attached hydrogen (secondary N) is 1. The normalized spacial score (nSPS) is 14.6. The Balaban J connectivity index is 0.00000288. The average Bonchev–Trinajstić information content (AvgIpc) is 2.58. The second kappa shape index (κ2) is 9.97. The molecule has 0 radical (unpaired) electrons. The van der Waals surface area contributed by atoms with Crippen LogP contribution >= 0.6 is 24.0 Å². The number of piperazine rings is 1. The van der Waals surface area contributed by atoms with Crippen molar-refractivity contribution in [2.24, 2.45) is 10.7 Å². The number of halogens is 2. The van der Waals surface area contributed by atoms with Gasteiger partial charge in [0.1, 0.15) is 12.4 Å². The highest BCUT2D eigenvalue weighted by Crippen LogP contribution is 2.16. The lowest BCUT2D eigenvalue weighted by molar-refractivity contribution is -0.119. The minimum absolute atomic E-state index is 0. The van der Waals surface area contributed by atoms with Crippen LogP contribution in [0.15, 0.2) is 29.3 Å². The first kappa shape index (κ1) is 20.0. The summed E-state index contributed by atoms with van der Waals surface area (Å²) < 4.78 is 12.9. The molecule has 1 fully saturated rings. The van der Waals surface area contributed by atoms with Gasteiger partial charge in [0, 0.05) is 31.9 Å². The number of terminal acetylenes is 1.